The maximum absolute atomic E-state index is 12.8. The van der Waals surface area contributed by atoms with Crippen LogP contribution in [0.25, 0.3) is 6.08 Å². The summed E-state index contributed by atoms with van der Waals surface area (Å²) in [5.74, 6) is 1.27. The largest absolute Gasteiger partial charge is 0.497 e. The molecule has 146 valence electrons. The molecule has 0 radical (unpaired) electrons. The van der Waals surface area contributed by atoms with Crippen LogP contribution in [0.2, 0.25) is 0 Å². The average Bonchev–Trinajstić information content (AvgIpc) is 2.97. The molecule has 0 atom stereocenters. The number of ketones is 1. The molecule has 3 rings (SSSR count). The Hall–Kier alpha value is -3.28. The van der Waals surface area contributed by atoms with E-state index >= 15 is 0 Å². The maximum Gasteiger partial charge on any atom is 0.313 e. The number of esters is 1. The predicted octanol–water partition coefficient (Wildman–Crippen LogP) is 4.19. The molecule has 6 nitrogen and oxygen atoms in total. The molecular formula is C22H22O6. The van der Waals surface area contributed by atoms with Gasteiger partial charge in [0.25, 0.3) is 0 Å². The molecule has 6 heteroatoms. The van der Waals surface area contributed by atoms with Crippen molar-refractivity contribution in [3.05, 3.63) is 52.8 Å². The van der Waals surface area contributed by atoms with Crippen molar-refractivity contribution in [3.63, 3.8) is 0 Å². The van der Waals surface area contributed by atoms with E-state index in [0.717, 1.165) is 0 Å². The fraction of sp³-hybridized carbons (Fsp3) is 0.273. The maximum atomic E-state index is 12.8. The standard InChI is InChI=1S/C22H22O6/c1-12(2)22(24)27-16-8-13(3)20-18(11-16)28-19(21(20)23)9-14-6-7-15(25-4)10-17(14)26-5/h6-12H,1-5H3/b19-9-. The van der Waals surface area contributed by atoms with Gasteiger partial charge in [-0.3, -0.25) is 9.59 Å². The predicted molar refractivity (Wildman–Crippen MR) is 104 cm³/mol. The van der Waals surface area contributed by atoms with Crippen molar-refractivity contribution in [1.29, 1.82) is 0 Å². The minimum absolute atomic E-state index is 0.175. The minimum Gasteiger partial charge on any atom is -0.497 e. The molecule has 0 aliphatic carbocycles. The number of rotatable bonds is 5. The van der Waals surface area contributed by atoms with Gasteiger partial charge in [-0.1, -0.05) is 13.8 Å². The molecule has 1 heterocycles. The lowest BCUT2D eigenvalue weighted by Crippen LogP contribution is -2.14. The van der Waals surface area contributed by atoms with Crippen molar-refractivity contribution in [2.24, 2.45) is 5.92 Å². The number of carbonyl (C=O) groups excluding carboxylic acids is 2. The SMILES string of the molecule is COc1ccc(/C=C2\Oc3cc(OC(=O)C(C)C)cc(C)c3C2=O)c(OC)c1. The number of methoxy groups -OCH3 is 2. The molecule has 2 aromatic rings. The third-order valence-corrected chi connectivity index (χ3v) is 4.36. The van der Waals surface area contributed by atoms with Crippen LogP contribution >= 0.6 is 0 Å². The molecule has 0 saturated carbocycles. The second-order valence-electron chi connectivity index (χ2n) is 6.74. The highest BCUT2D eigenvalue weighted by atomic mass is 16.5. The second kappa shape index (κ2) is 7.76. The Bertz CT molecular complexity index is 971. The van der Waals surface area contributed by atoms with Crippen LogP contribution in [0.5, 0.6) is 23.0 Å². The van der Waals surface area contributed by atoms with Gasteiger partial charge in [0, 0.05) is 17.7 Å². The van der Waals surface area contributed by atoms with Gasteiger partial charge >= 0.3 is 5.97 Å². The number of carbonyl (C=O) groups is 2. The lowest BCUT2D eigenvalue weighted by Gasteiger charge is -2.09. The number of aryl methyl sites for hydroxylation is 1. The first-order valence-corrected chi connectivity index (χ1v) is 8.86. The summed E-state index contributed by atoms with van der Waals surface area (Å²) in [4.78, 5) is 24.7. The lowest BCUT2D eigenvalue weighted by molar-refractivity contribution is -0.137. The Morgan fingerprint density at radius 1 is 1.07 bits per heavy atom. The third kappa shape index (κ3) is 3.71. The molecule has 0 aromatic heterocycles. The molecule has 0 amide bonds. The van der Waals surface area contributed by atoms with E-state index in [1.807, 2.05) is 0 Å². The zero-order valence-corrected chi connectivity index (χ0v) is 16.5. The minimum atomic E-state index is -0.345. The van der Waals surface area contributed by atoms with Gasteiger partial charge in [0.1, 0.15) is 23.0 Å². The normalized spacial score (nSPS) is 14.1. The van der Waals surface area contributed by atoms with Crippen LogP contribution in [0.15, 0.2) is 36.1 Å². The smallest absolute Gasteiger partial charge is 0.313 e. The molecule has 1 aliphatic rings. The Balaban J connectivity index is 1.94. The van der Waals surface area contributed by atoms with Crippen molar-refractivity contribution in [2.75, 3.05) is 14.2 Å². The zero-order chi connectivity index (χ0) is 20.4. The van der Waals surface area contributed by atoms with Crippen LogP contribution in [0, 0.1) is 12.8 Å². The van der Waals surface area contributed by atoms with Crippen LogP contribution in [0.1, 0.15) is 35.3 Å². The Labute approximate surface area is 163 Å². The van der Waals surface area contributed by atoms with E-state index in [9.17, 15) is 9.59 Å². The molecule has 0 bridgehead atoms. The van der Waals surface area contributed by atoms with E-state index in [2.05, 4.69) is 0 Å². The van der Waals surface area contributed by atoms with E-state index in [1.54, 1.807) is 71.4 Å². The molecule has 28 heavy (non-hydrogen) atoms. The molecule has 0 saturated heterocycles. The third-order valence-electron chi connectivity index (χ3n) is 4.36. The van der Waals surface area contributed by atoms with Crippen LogP contribution in [0.4, 0.5) is 0 Å². The van der Waals surface area contributed by atoms with Crippen LogP contribution < -0.4 is 18.9 Å². The van der Waals surface area contributed by atoms with Gasteiger partial charge in [0.2, 0.25) is 5.78 Å². The number of hydrogen-bond acceptors (Lipinski definition) is 6. The van der Waals surface area contributed by atoms with Crippen molar-refractivity contribution in [1.82, 2.24) is 0 Å². The number of Topliss-reactive ketones (excluding diaryl/α,β-unsaturated/α-hetero) is 1. The lowest BCUT2D eigenvalue weighted by atomic mass is 10.0. The van der Waals surface area contributed by atoms with Gasteiger partial charge in [-0.2, -0.15) is 0 Å². The van der Waals surface area contributed by atoms with Gasteiger partial charge in [-0.25, -0.2) is 0 Å². The van der Waals surface area contributed by atoms with Crippen molar-refractivity contribution >= 4 is 17.8 Å². The number of benzene rings is 2. The highest BCUT2D eigenvalue weighted by Crippen LogP contribution is 2.38. The molecule has 1 aliphatic heterocycles. The second-order valence-corrected chi connectivity index (χ2v) is 6.74. The van der Waals surface area contributed by atoms with Gasteiger partial charge in [-0.05, 0) is 36.8 Å². The van der Waals surface area contributed by atoms with Crippen LogP contribution in [-0.2, 0) is 4.79 Å². The summed E-state index contributed by atoms with van der Waals surface area (Å²) in [5, 5.41) is 0. The summed E-state index contributed by atoms with van der Waals surface area (Å²) in [6, 6.07) is 8.51. The summed E-state index contributed by atoms with van der Waals surface area (Å²) in [6.07, 6.45) is 1.62. The number of ether oxygens (including phenoxy) is 4. The number of allylic oxidation sites excluding steroid dienone is 1. The first kappa shape index (κ1) is 19.5. The number of fused-ring (bicyclic) bond motifs is 1. The first-order chi connectivity index (χ1) is 13.3. The van der Waals surface area contributed by atoms with Crippen LogP contribution in [-0.4, -0.2) is 26.0 Å². The molecule has 0 spiro atoms. The summed E-state index contributed by atoms with van der Waals surface area (Å²) >= 11 is 0. The van der Waals surface area contributed by atoms with E-state index < -0.39 is 0 Å². The Kier molecular flexibility index (Phi) is 5.40. The zero-order valence-electron chi connectivity index (χ0n) is 16.5. The van der Waals surface area contributed by atoms with E-state index in [1.165, 1.54) is 0 Å². The Morgan fingerprint density at radius 2 is 1.82 bits per heavy atom. The molecule has 0 unspecified atom stereocenters. The van der Waals surface area contributed by atoms with E-state index in [0.29, 0.717) is 39.7 Å². The summed E-state index contributed by atoms with van der Waals surface area (Å²) in [6.45, 7) is 5.29. The Morgan fingerprint density at radius 3 is 2.46 bits per heavy atom. The number of hydrogen-bond donors (Lipinski definition) is 0. The highest BCUT2D eigenvalue weighted by Gasteiger charge is 2.30. The molecule has 0 N–H and O–H groups in total. The van der Waals surface area contributed by atoms with Gasteiger partial charge in [-0.15, -0.1) is 0 Å². The fourth-order valence-corrected chi connectivity index (χ4v) is 2.85. The van der Waals surface area contributed by atoms with Crippen molar-refractivity contribution in [2.45, 2.75) is 20.8 Å². The van der Waals surface area contributed by atoms with Crippen molar-refractivity contribution in [3.8, 4) is 23.0 Å². The highest BCUT2D eigenvalue weighted by molar-refractivity contribution is 6.15. The van der Waals surface area contributed by atoms with E-state index in [-0.39, 0.29) is 23.4 Å². The van der Waals surface area contributed by atoms with Gasteiger partial charge < -0.3 is 18.9 Å². The molecular weight excluding hydrogens is 360 g/mol. The van der Waals surface area contributed by atoms with Crippen LogP contribution in [0.3, 0.4) is 0 Å². The molecule has 0 fully saturated rings. The quantitative estimate of drug-likeness (QED) is 0.439. The first-order valence-electron chi connectivity index (χ1n) is 8.86. The topological polar surface area (TPSA) is 71.1 Å². The summed E-state index contributed by atoms with van der Waals surface area (Å²) in [5.41, 5.74) is 1.82. The molecule has 2 aromatic carbocycles. The summed E-state index contributed by atoms with van der Waals surface area (Å²) < 4.78 is 21.7. The van der Waals surface area contributed by atoms with Gasteiger partial charge in [0.05, 0.1) is 25.7 Å². The van der Waals surface area contributed by atoms with Gasteiger partial charge in [0.15, 0.2) is 5.76 Å². The van der Waals surface area contributed by atoms with E-state index in [4.69, 9.17) is 18.9 Å². The fourth-order valence-electron chi connectivity index (χ4n) is 2.85. The average molecular weight is 382 g/mol. The monoisotopic (exact) mass is 382 g/mol. The van der Waals surface area contributed by atoms with Crippen molar-refractivity contribution < 1.29 is 28.5 Å². The summed E-state index contributed by atoms with van der Waals surface area (Å²) in [7, 11) is 3.11.